The van der Waals surface area contributed by atoms with Gasteiger partial charge in [-0.25, -0.2) is 0 Å². The molecular weight excluding hydrogens is 316 g/mol. The van der Waals surface area contributed by atoms with Crippen molar-refractivity contribution in [3.05, 3.63) is 50.4 Å². The van der Waals surface area contributed by atoms with Gasteiger partial charge in [0, 0.05) is 20.9 Å². The first-order valence-corrected chi connectivity index (χ1v) is 6.88. The molecule has 18 heavy (non-hydrogen) atoms. The van der Waals surface area contributed by atoms with Gasteiger partial charge in [0.25, 0.3) is 11.8 Å². The van der Waals surface area contributed by atoms with E-state index >= 15 is 0 Å². The zero-order valence-corrected chi connectivity index (χ0v) is 11.5. The monoisotopic (exact) mass is 322 g/mol. The van der Waals surface area contributed by atoms with Gasteiger partial charge in [0.2, 0.25) is 0 Å². The molecule has 2 aromatic rings. The fraction of sp³-hybridized carbons (Fsp3) is 0.0833. The molecule has 0 radical (unpaired) electrons. The van der Waals surface area contributed by atoms with Crippen LogP contribution in [-0.4, -0.2) is 21.7 Å². The van der Waals surface area contributed by atoms with Crippen LogP contribution in [0, 0.1) is 0 Å². The number of amides is 2. The van der Waals surface area contributed by atoms with E-state index in [1.807, 2.05) is 11.4 Å². The molecule has 0 aromatic carbocycles. The first-order chi connectivity index (χ1) is 8.66. The Labute approximate surface area is 115 Å². The maximum Gasteiger partial charge on any atom is 0.280 e. The second-order valence-corrected chi connectivity index (χ2v) is 5.74. The van der Waals surface area contributed by atoms with Gasteiger partial charge in [-0.1, -0.05) is 0 Å². The molecule has 0 aliphatic carbocycles. The van der Waals surface area contributed by atoms with Crippen LogP contribution in [0.15, 0.2) is 34.2 Å². The molecule has 0 bridgehead atoms. The molecule has 2 aromatic heterocycles. The molecule has 6 heteroatoms. The topological polar surface area (TPSA) is 50.3 Å². The predicted octanol–water partition coefficient (Wildman–Crippen LogP) is 2.70. The minimum absolute atomic E-state index is 0.248. The molecule has 90 valence electrons. The van der Waals surface area contributed by atoms with Crippen molar-refractivity contribution in [3.8, 4) is 0 Å². The molecule has 2 amide bonds. The number of nitrogens with zero attached hydrogens (tertiary/aromatic N) is 2. The van der Waals surface area contributed by atoms with E-state index in [-0.39, 0.29) is 17.5 Å². The molecule has 1 aliphatic rings. The fourth-order valence-electron chi connectivity index (χ4n) is 1.85. The van der Waals surface area contributed by atoms with Gasteiger partial charge in [-0.3, -0.25) is 19.5 Å². The number of pyridine rings is 1. The summed E-state index contributed by atoms with van der Waals surface area (Å²) in [6.45, 7) is 0.296. The molecule has 0 spiro atoms. The van der Waals surface area contributed by atoms with Crippen molar-refractivity contribution in [2.45, 2.75) is 6.54 Å². The van der Waals surface area contributed by atoms with E-state index in [1.54, 1.807) is 12.1 Å². The SMILES string of the molecule is O=C1c2cccnc2C(=O)N1Cc1cc(Br)cs1. The van der Waals surface area contributed by atoms with Crippen molar-refractivity contribution < 1.29 is 9.59 Å². The van der Waals surface area contributed by atoms with Crippen LogP contribution in [0.1, 0.15) is 25.7 Å². The Hall–Kier alpha value is -1.53. The van der Waals surface area contributed by atoms with E-state index < -0.39 is 0 Å². The highest BCUT2D eigenvalue weighted by Crippen LogP contribution is 2.26. The number of fused-ring (bicyclic) bond motifs is 1. The Morgan fingerprint density at radius 2 is 2.17 bits per heavy atom. The third-order valence-electron chi connectivity index (χ3n) is 2.67. The molecule has 0 saturated carbocycles. The first-order valence-electron chi connectivity index (χ1n) is 5.21. The summed E-state index contributed by atoms with van der Waals surface area (Å²) in [5, 5.41) is 1.92. The average molecular weight is 323 g/mol. The summed E-state index contributed by atoms with van der Waals surface area (Å²) in [5.41, 5.74) is 0.635. The van der Waals surface area contributed by atoms with Crippen molar-refractivity contribution in [1.82, 2.24) is 9.88 Å². The predicted molar refractivity (Wildman–Crippen MR) is 70.5 cm³/mol. The lowest BCUT2D eigenvalue weighted by Gasteiger charge is -2.11. The second-order valence-electron chi connectivity index (χ2n) is 3.83. The largest absolute Gasteiger partial charge is 0.280 e. The highest BCUT2D eigenvalue weighted by molar-refractivity contribution is 9.10. The normalized spacial score (nSPS) is 14.2. The number of carbonyl (C=O) groups excluding carboxylic acids is 2. The van der Waals surface area contributed by atoms with E-state index in [4.69, 9.17) is 0 Å². The molecule has 3 rings (SSSR count). The zero-order valence-electron chi connectivity index (χ0n) is 9.09. The van der Waals surface area contributed by atoms with Gasteiger partial charge < -0.3 is 0 Å². The van der Waals surface area contributed by atoms with Gasteiger partial charge in [0.05, 0.1) is 12.1 Å². The van der Waals surface area contributed by atoms with Crippen LogP contribution in [0.3, 0.4) is 0 Å². The molecule has 3 heterocycles. The highest BCUT2D eigenvalue weighted by Gasteiger charge is 2.36. The minimum Gasteiger partial charge on any atom is -0.268 e. The molecule has 0 unspecified atom stereocenters. The molecular formula is C12H7BrN2O2S. The van der Waals surface area contributed by atoms with Crippen molar-refractivity contribution in [2.24, 2.45) is 0 Å². The fourth-order valence-corrected chi connectivity index (χ4v) is 3.29. The molecule has 0 fully saturated rings. The van der Waals surface area contributed by atoms with Crippen LogP contribution < -0.4 is 0 Å². The lowest BCUT2D eigenvalue weighted by molar-refractivity contribution is 0.0642. The summed E-state index contributed by atoms with van der Waals surface area (Å²) in [7, 11) is 0. The molecule has 0 N–H and O–H groups in total. The maximum absolute atomic E-state index is 12.1. The van der Waals surface area contributed by atoms with Crippen LogP contribution in [0.4, 0.5) is 0 Å². The molecule has 1 aliphatic heterocycles. The van der Waals surface area contributed by atoms with Crippen LogP contribution in [0.2, 0.25) is 0 Å². The van der Waals surface area contributed by atoms with E-state index in [2.05, 4.69) is 20.9 Å². The summed E-state index contributed by atoms with van der Waals surface area (Å²) in [6.07, 6.45) is 1.52. The van der Waals surface area contributed by atoms with Gasteiger partial charge in [0.1, 0.15) is 5.69 Å². The number of rotatable bonds is 2. The van der Waals surface area contributed by atoms with E-state index in [9.17, 15) is 9.59 Å². The number of hydrogen-bond acceptors (Lipinski definition) is 4. The van der Waals surface area contributed by atoms with E-state index in [0.717, 1.165) is 9.35 Å². The summed E-state index contributed by atoms with van der Waals surface area (Å²) in [4.78, 5) is 30.3. The smallest absolute Gasteiger partial charge is 0.268 e. The number of aromatic nitrogens is 1. The van der Waals surface area contributed by atoms with Crippen molar-refractivity contribution in [3.63, 3.8) is 0 Å². The third kappa shape index (κ3) is 1.77. The van der Waals surface area contributed by atoms with Gasteiger partial charge in [-0.2, -0.15) is 0 Å². The van der Waals surface area contributed by atoms with Gasteiger partial charge in [-0.15, -0.1) is 11.3 Å². The Balaban J connectivity index is 1.92. The standard InChI is InChI=1S/C12H7BrN2O2S/c13-7-4-8(18-6-7)5-15-11(16)9-2-1-3-14-10(9)12(15)17/h1-4,6H,5H2. The Bertz CT molecular complexity index is 618. The zero-order chi connectivity index (χ0) is 12.7. The number of carbonyl (C=O) groups is 2. The average Bonchev–Trinajstić information content (AvgIpc) is 2.88. The van der Waals surface area contributed by atoms with Gasteiger partial charge in [0.15, 0.2) is 0 Å². The lowest BCUT2D eigenvalue weighted by Crippen LogP contribution is -2.28. The lowest BCUT2D eigenvalue weighted by atomic mass is 10.2. The minimum atomic E-state index is -0.319. The van der Waals surface area contributed by atoms with Crippen molar-refractivity contribution in [2.75, 3.05) is 0 Å². The van der Waals surface area contributed by atoms with Crippen LogP contribution in [0.25, 0.3) is 0 Å². The first kappa shape index (κ1) is 11.6. The third-order valence-corrected chi connectivity index (χ3v) is 4.35. The van der Waals surface area contributed by atoms with Gasteiger partial charge in [-0.05, 0) is 34.1 Å². The van der Waals surface area contributed by atoms with Crippen molar-refractivity contribution >= 4 is 39.1 Å². The van der Waals surface area contributed by atoms with Crippen LogP contribution >= 0.6 is 27.3 Å². The summed E-state index contributed by atoms with van der Waals surface area (Å²) in [5.74, 6) is -0.590. The molecule has 4 nitrogen and oxygen atoms in total. The van der Waals surface area contributed by atoms with Crippen molar-refractivity contribution in [1.29, 1.82) is 0 Å². The van der Waals surface area contributed by atoms with E-state index in [1.165, 1.54) is 22.4 Å². The van der Waals surface area contributed by atoms with Crippen LogP contribution in [-0.2, 0) is 6.54 Å². The number of hydrogen-bond donors (Lipinski definition) is 0. The Kier molecular flexibility index (Phi) is 2.76. The number of imide groups is 1. The van der Waals surface area contributed by atoms with E-state index in [0.29, 0.717) is 12.1 Å². The van der Waals surface area contributed by atoms with Gasteiger partial charge >= 0.3 is 0 Å². The maximum atomic E-state index is 12.1. The summed E-state index contributed by atoms with van der Waals surface area (Å²) < 4.78 is 0.956. The molecule has 0 saturated heterocycles. The molecule has 0 atom stereocenters. The Morgan fingerprint density at radius 1 is 1.33 bits per heavy atom. The number of halogens is 1. The number of thiophene rings is 1. The Morgan fingerprint density at radius 3 is 2.83 bits per heavy atom. The second kappa shape index (κ2) is 4.29. The quantitative estimate of drug-likeness (QED) is 0.799. The highest BCUT2D eigenvalue weighted by atomic mass is 79.9. The summed E-state index contributed by atoms with van der Waals surface area (Å²) >= 11 is 4.86. The van der Waals surface area contributed by atoms with Crippen LogP contribution in [0.5, 0.6) is 0 Å². The summed E-state index contributed by atoms with van der Waals surface area (Å²) in [6, 6.07) is 5.20.